The van der Waals surface area contributed by atoms with Crippen LogP contribution in [-0.2, 0) is 0 Å². The van der Waals surface area contributed by atoms with E-state index in [1.54, 1.807) is 0 Å². The summed E-state index contributed by atoms with van der Waals surface area (Å²) < 4.78 is 0. The van der Waals surface area contributed by atoms with E-state index in [1.807, 2.05) is 12.2 Å². The van der Waals surface area contributed by atoms with Crippen LogP contribution in [0.2, 0.25) is 0 Å². The molecule has 0 aromatic heterocycles. The van der Waals surface area contributed by atoms with Crippen molar-refractivity contribution < 1.29 is 13.3 Å². The Hall–Kier alpha value is 3.60. The molecule has 0 amide bonds. The third-order valence-electron chi connectivity index (χ3n) is 3.96. The van der Waals surface area contributed by atoms with Crippen molar-refractivity contribution in [2.24, 2.45) is 17.3 Å². The second-order valence-corrected chi connectivity index (χ2v) is 22.6. The number of halogens is 6. The molecule has 0 radical (unpaired) electrons. The third-order valence-corrected chi connectivity index (χ3v) is 3.96. The Kier molecular flexibility index (Phi) is 133. The quantitative estimate of drug-likeness (QED) is 0.184. The Morgan fingerprint density at radius 3 is 1.19 bits per heavy atom. The van der Waals surface area contributed by atoms with E-state index in [-0.39, 0.29) is 61.1 Å². The molecule has 0 spiro atoms. The van der Waals surface area contributed by atoms with E-state index in [9.17, 15) is 0 Å². The van der Waals surface area contributed by atoms with Crippen LogP contribution < -0.4 is 13.3 Å². The van der Waals surface area contributed by atoms with Crippen molar-refractivity contribution in [3.63, 3.8) is 0 Å². The summed E-state index contributed by atoms with van der Waals surface area (Å²) >= 11 is 9.54. The van der Waals surface area contributed by atoms with Crippen molar-refractivity contribution >= 4 is 98.4 Å². The van der Waals surface area contributed by atoms with Gasteiger partial charge in [-0.2, -0.15) is 0 Å². The molecule has 0 saturated heterocycles. The summed E-state index contributed by atoms with van der Waals surface area (Å²) in [7, 11) is 0. The fourth-order valence-electron chi connectivity index (χ4n) is 0.659. The SMILES string of the molecule is C.C.C.C.C.C=C(C)C(C)CC.C=CC(C)(C)CC.C=CC(C)CC.I.II.I[I-]I. The Balaban J connectivity index is -0.0000000179. The van der Waals surface area contributed by atoms with Crippen molar-refractivity contribution in [3.05, 3.63) is 37.5 Å². The second kappa shape index (κ2) is 59.0. The summed E-state index contributed by atoms with van der Waals surface area (Å²) in [6.45, 7) is 28.5. The first-order valence-corrected chi connectivity index (χ1v) is 27.3. The first-order chi connectivity index (χ1) is 11.5. The predicted molar refractivity (Wildman–Crippen MR) is 203 cm³/mol. The van der Waals surface area contributed by atoms with Crippen molar-refractivity contribution in [1.82, 2.24) is 0 Å². The first kappa shape index (κ1) is 70.1. The number of hydrogen-bond acceptors (Lipinski definition) is 0. The fourth-order valence-corrected chi connectivity index (χ4v) is 0.659. The van der Waals surface area contributed by atoms with Crippen LogP contribution >= 0.6 is 98.4 Å². The molecular weight excluding hydrogens is 1060 g/mol. The Bertz CT molecular complexity index is 279. The molecule has 0 heterocycles. The normalized spacial score (nSPS) is 9.16. The Morgan fingerprint density at radius 2 is 1.19 bits per heavy atom. The molecule has 0 aromatic rings. The fraction of sp³-hybridized carbons (Fsp3) is 0.760. The molecule has 0 bridgehead atoms. The molecule has 0 aromatic carbocycles. The maximum absolute atomic E-state index is 3.83. The molecule has 0 nitrogen and oxygen atoms in total. The molecule has 0 aliphatic carbocycles. The molecule has 2 unspecified atom stereocenters. The molecule has 31 heavy (non-hydrogen) atoms. The van der Waals surface area contributed by atoms with Gasteiger partial charge in [0.1, 0.15) is 0 Å². The molecule has 0 aliphatic rings. The first-order valence-electron chi connectivity index (χ1n) is 8.46. The van der Waals surface area contributed by atoms with Gasteiger partial charge in [0.15, 0.2) is 0 Å². The van der Waals surface area contributed by atoms with Gasteiger partial charge in [-0.05, 0) is 37.0 Å². The van der Waals surface area contributed by atoms with Crippen molar-refractivity contribution in [1.29, 1.82) is 0 Å². The molecule has 0 saturated carbocycles. The third kappa shape index (κ3) is 87.3. The molecule has 0 fully saturated rings. The van der Waals surface area contributed by atoms with E-state index >= 15 is 0 Å². The van der Waals surface area contributed by atoms with Gasteiger partial charge in [-0.1, -0.05) is 116 Å². The van der Waals surface area contributed by atoms with Gasteiger partial charge >= 0.3 is 50.5 Å². The van der Waals surface area contributed by atoms with E-state index in [0.717, 1.165) is 0 Å². The zero-order chi connectivity index (χ0) is 21.5. The summed E-state index contributed by atoms with van der Waals surface area (Å²) in [5.41, 5.74) is 1.64. The molecule has 0 rings (SSSR count). The summed E-state index contributed by atoms with van der Waals surface area (Å²) in [6.07, 6.45) is 7.57. The van der Waals surface area contributed by atoms with E-state index in [2.05, 4.69) is 150 Å². The van der Waals surface area contributed by atoms with Crippen LogP contribution in [0.3, 0.4) is 0 Å². The van der Waals surface area contributed by atoms with Crippen molar-refractivity contribution in [2.45, 2.75) is 112 Å². The average molecular weight is 1120 g/mol. The standard InChI is InChI=1S/2C7H14.C6H12.5CH4.I3.I2.HI/c1-5-7(3,4)6-2;1-5-7(4)6(2)3;1-4-6(3)5-2;;;;;;1-3-2;1-2;/h5H,1,6H2,2-4H3;7H,2,5H2,1,3-4H3;4,6H,1,5H2,2-3H3;5*1H4;;;1H/q;;;;;;;;-1;;. The molecule has 2 atom stereocenters. The molecule has 0 aliphatic heterocycles. The monoisotopic (exact) mass is 1120 g/mol. The zero-order valence-corrected chi connectivity index (χ0v) is 31.0. The van der Waals surface area contributed by atoms with Crippen LogP contribution in [0.25, 0.3) is 0 Å². The second-order valence-electron chi connectivity index (χ2n) is 6.38. The van der Waals surface area contributed by atoms with E-state index < -0.39 is 0 Å². The molecule has 204 valence electrons. The van der Waals surface area contributed by atoms with Gasteiger partial charge in [0.2, 0.25) is 0 Å². The van der Waals surface area contributed by atoms with E-state index in [1.165, 1.54) is 24.8 Å². The zero-order valence-electron chi connectivity index (χ0n) is 17.9. The van der Waals surface area contributed by atoms with Gasteiger partial charge in [0, 0.05) is 37.2 Å². The van der Waals surface area contributed by atoms with Crippen LogP contribution in [0.5, 0.6) is 0 Å². The van der Waals surface area contributed by atoms with Gasteiger partial charge in [-0.3, -0.25) is 0 Å². The van der Waals surface area contributed by atoms with Gasteiger partial charge in [0.05, 0.1) is 0 Å². The van der Waals surface area contributed by atoms with Gasteiger partial charge < -0.3 is 0 Å². The van der Waals surface area contributed by atoms with Gasteiger partial charge in [-0.15, -0.1) is 37.1 Å². The van der Waals surface area contributed by atoms with Crippen molar-refractivity contribution in [3.8, 4) is 0 Å². The minimum absolute atomic E-state index is 0. The molecule has 6 heteroatoms. The topological polar surface area (TPSA) is 0 Å². The Morgan fingerprint density at radius 1 is 0.903 bits per heavy atom. The minimum atomic E-state index is 0. The average Bonchev–Trinajstić information content (AvgIpc) is 2.63. The van der Waals surface area contributed by atoms with Crippen LogP contribution in [0.15, 0.2) is 37.5 Å². The number of hydrogen-bond donors (Lipinski definition) is 0. The summed E-state index contributed by atoms with van der Waals surface area (Å²) in [6, 6.07) is 0. The molecular formula is C25H61I6-. The van der Waals surface area contributed by atoms with Crippen LogP contribution in [0.1, 0.15) is 112 Å². The van der Waals surface area contributed by atoms with E-state index in [4.69, 9.17) is 0 Å². The molecule has 0 N–H and O–H groups in total. The maximum atomic E-state index is 3.83. The summed E-state index contributed by atoms with van der Waals surface area (Å²) in [5.74, 6) is 1.41. The summed E-state index contributed by atoms with van der Waals surface area (Å²) in [4.78, 5) is 0. The van der Waals surface area contributed by atoms with Crippen LogP contribution in [-0.4, -0.2) is 0 Å². The summed E-state index contributed by atoms with van der Waals surface area (Å²) in [5, 5.41) is 0. The van der Waals surface area contributed by atoms with Crippen molar-refractivity contribution in [2.75, 3.05) is 0 Å². The number of allylic oxidation sites excluding steroid dienone is 3. The predicted octanol–water partition coefficient (Wildman–Crippen LogP) is 11.8. The number of rotatable bonds is 6. The van der Waals surface area contributed by atoms with Gasteiger partial charge in [-0.25, -0.2) is 0 Å². The van der Waals surface area contributed by atoms with Crippen LogP contribution in [0, 0.1) is 17.3 Å². The van der Waals surface area contributed by atoms with E-state index in [0.29, 0.717) is 30.5 Å². The van der Waals surface area contributed by atoms with Gasteiger partial charge in [0.25, 0.3) is 0 Å². The Labute approximate surface area is 273 Å². The van der Waals surface area contributed by atoms with Crippen LogP contribution in [0.4, 0.5) is 0 Å².